The van der Waals surface area contributed by atoms with Crippen LogP contribution in [-0.2, 0) is 0 Å². The molecule has 370 valence electrons. The Kier molecular flexibility index (Phi) is 11.1. The molecule has 15 aromatic rings. The fraction of sp³-hybridized carbons (Fsp3) is 0. The van der Waals surface area contributed by atoms with Gasteiger partial charge >= 0.3 is 0 Å². The lowest BCUT2D eigenvalue weighted by Gasteiger charge is -2.11. The SMILES string of the molecule is c1ccc(-c2nc(-c3ccccc3)nc(-c3cccc(-n4c5ccccc5c5cc(-c6nnc(-c7ccc8c(c7)c7ccccc7n8-c7cccc(-c8nc(-c9ccccc9)nc(-c9cccnc9)n8)c7)s6)ccc54)c3)n2)cc1. The molecule has 0 atom stereocenters. The minimum atomic E-state index is 0.562. The summed E-state index contributed by atoms with van der Waals surface area (Å²) in [6.45, 7) is 0. The minimum absolute atomic E-state index is 0.562. The number of aromatic nitrogens is 11. The van der Waals surface area contributed by atoms with E-state index >= 15 is 0 Å². The Morgan fingerprint density at radius 2 is 0.633 bits per heavy atom. The van der Waals surface area contributed by atoms with Crippen LogP contribution < -0.4 is 0 Å². The molecule has 0 aliphatic heterocycles. The van der Waals surface area contributed by atoms with E-state index in [9.17, 15) is 0 Å². The maximum Gasteiger partial charge on any atom is 0.165 e. The quantitative estimate of drug-likeness (QED) is 0.132. The van der Waals surface area contributed by atoms with Gasteiger partial charge in [0.2, 0.25) is 0 Å². The van der Waals surface area contributed by atoms with E-state index in [0.717, 1.165) is 110 Å². The molecule has 12 heteroatoms. The number of benzene rings is 9. The molecule has 11 nitrogen and oxygen atoms in total. The molecule has 0 fully saturated rings. The van der Waals surface area contributed by atoms with E-state index in [2.05, 4.69) is 148 Å². The Morgan fingerprint density at radius 3 is 1.06 bits per heavy atom. The van der Waals surface area contributed by atoms with Gasteiger partial charge in [0.25, 0.3) is 0 Å². The van der Waals surface area contributed by atoms with E-state index in [1.54, 1.807) is 23.7 Å². The van der Waals surface area contributed by atoms with Gasteiger partial charge in [-0.25, -0.2) is 29.9 Å². The first-order valence-corrected chi connectivity index (χ1v) is 26.7. The van der Waals surface area contributed by atoms with Crippen molar-refractivity contribution >= 4 is 54.9 Å². The van der Waals surface area contributed by atoms with Gasteiger partial charge in [-0.3, -0.25) is 4.98 Å². The Morgan fingerprint density at radius 1 is 0.266 bits per heavy atom. The number of fused-ring (bicyclic) bond motifs is 6. The van der Waals surface area contributed by atoms with Gasteiger partial charge < -0.3 is 9.13 Å². The fourth-order valence-corrected chi connectivity index (χ4v) is 11.4. The number of pyridine rings is 1. The van der Waals surface area contributed by atoms with Crippen molar-refractivity contribution in [3.05, 3.63) is 249 Å². The average molecular weight is 1030 g/mol. The second-order valence-corrected chi connectivity index (χ2v) is 20.1. The monoisotopic (exact) mass is 1030 g/mol. The van der Waals surface area contributed by atoms with Gasteiger partial charge in [0.05, 0.1) is 22.1 Å². The number of hydrogen-bond acceptors (Lipinski definition) is 10. The zero-order valence-corrected chi connectivity index (χ0v) is 42.8. The third-order valence-electron chi connectivity index (χ3n) is 14.3. The normalized spacial score (nSPS) is 11.5. The zero-order valence-electron chi connectivity index (χ0n) is 42.0. The second kappa shape index (κ2) is 19.2. The molecule has 6 aromatic heterocycles. The van der Waals surface area contributed by atoms with E-state index in [-0.39, 0.29) is 0 Å². The molecule has 15 rings (SSSR count). The summed E-state index contributed by atoms with van der Waals surface area (Å²) in [5.41, 5.74) is 13.6. The number of para-hydroxylation sites is 2. The van der Waals surface area contributed by atoms with Crippen molar-refractivity contribution in [3.63, 3.8) is 0 Å². The van der Waals surface area contributed by atoms with Crippen LogP contribution in [0.15, 0.2) is 249 Å². The lowest BCUT2D eigenvalue weighted by molar-refractivity contribution is 1.07. The molecule has 0 N–H and O–H groups in total. The summed E-state index contributed by atoms with van der Waals surface area (Å²) in [5.74, 6) is 3.58. The molecule has 79 heavy (non-hydrogen) atoms. The summed E-state index contributed by atoms with van der Waals surface area (Å²) >= 11 is 1.59. The maximum atomic E-state index is 5.04. The molecule has 6 heterocycles. The third-order valence-corrected chi connectivity index (χ3v) is 15.3. The van der Waals surface area contributed by atoms with Crippen molar-refractivity contribution in [3.8, 4) is 101 Å². The van der Waals surface area contributed by atoms with Crippen molar-refractivity contribution < 1.29 is 0 Å². The highest BCUT2D eigenvalue weighted by molar-refractivity contribution is 7.17. The molecular weight excluding hydrogens is 991 g/mol. The van der Waals surface area contributed by atoms with E-state index < -0.39 is 0 Å². The summed E-state index contributed by atoms with van der Waals surface area (Å²) < 4.78 is 4.63. The van der Waals surface area contributed by atoms with Crippen LogP contribution in [0.1, 0.15) is 0 Å². The van der Waals surface area contributed by atoms with Crippen LogP contribution in [0.3, 0.4) is 0 Å². The van der Waals surface area contributed by atoms with Gasteiger partial charge in [-0.05, 0) is 84.9 Å². The average Bonchev–Trinajstić information content (AvgIpc) is 4.41. The van der Waals surface area contributed by atoms with Gasteiger partial charge in [-0.2, -0.15) is 0 Å². The predicted molar refractivity (Wildman–Crippen MR) is 317 cm³/mol. The second-order valence-electron chi connectivity index (χ2n) is 19.1. The Balaban J connectivity index is 0.775. The molecule has 0 saturated carbocycles. The van der Waals surface area contributed by atoms with Gasteiger partial charge in [0.1, 0.15) is 10.0 Å². The Labute approximate surface area is 456 Å². The van der Waals surface area contributed by atoms with E-state index in [1.165, 1.54) is 0 Å². The first-order chi connectivity index (χ1) is 39.1. The smallest absolute Gasteiger partial charge is 0.165 e. The summed E-state index contributed by atoms with van der Waals surface area (Å²) in [6.07, 6.45) is 3.53. The highest BCUT2D eigenvalue weighted by atomic mass is 32.1. The van der Waals surface area contributed by atoms with Gasteiger partial charge in [-0.15, -0.1) is 10.2 Å². The summed E-state index contributed by atoms with van der Waals surface area (Å²) in [4.78, 5) is 34.3. The van der Waals surface area contributed by atoms with Crippen LogP contribution in [0, 0.1) is 0 Å². The molecular formula is C67H41N11S. The van der Waals surface area contributed by atoms with Crippen LogP contribution in [0.2, 0.25) is 0 Å². The number of hydrogen-bond donors (Lipinski definition) is 0. The standard InChI is InChI=1S/C67H41N11S/c1-4-17-42(18-5-1)60-69-61(43-19-6-2-7-20-43)71-63(70-60)45-23-14-26-50(37-45)77-56-30-12-10-28-52(56)54-39-47(32-34-58(54)77)66-75-76-67(79-66)48-33-35-59-55(40-48)53-29-11-13-31-57(53)78(59)51-27-15-24-46(38-51)64-72-62(44-21-8-3-9-22-44)73-65(74-64)49-25-16-36-68-41-49/h1-41H. The first kappa shape index (κ1) is 45.7. The topological polar surface area (TPSA) is 126 Å². The Bertz CT molecular complexity index is 4370. The van der Waals surface area contributed by atoms with Gasteiger partial charge in [0.15, 0.2) is 34.9 Å². The molecule has 9 aromatic carbocycles. The Hall–Kier alpha value is -10.7. The van der Waals surface area contributed by atoms with E-state index in [0.29, 0.717) is 34.9 Å². The van der Waals surface area contributed by atoms with E-state index in [4.69, 9.17) is 40.1 Å². The van der Waals surface area contributed by atoms with Crippen molar-refractivity contribution in [1.29, 1.82) is 0 Å². The molecule has 0 saturated heterocycles. The minimum Gasteiger partial charge on any atom is -0.309 e. The molecule has 0 aliphatic carbocycles. The van der Waals surface area contributed by atoms with Crippen LogP contribution in [0.25, 0.3) is 144 Å². The third kappa shape index (κ3) is 8.27. The molecule has 0 spiro atoms. The van der Waals surface area contributed by atoms with Crippen molar-refractivity contribution in [2.75, 3.05) is 0 Å². The van der Waals surface area contributed by atoms with Crippen molar-refractivity contribution in [2.45, 2.75) is 0 Å². The predicted octanol–water partition coefficient (Wildman–Crippen LogP) is 15.8. The van der Waals surface area contributed by atoms with Crippen molar-refractivity contribution in [1.82, 2.24) is 54.2 Å². The molecule has 0 unspecified atom stereocenters. The maximum absolute atomic E-state index is 5.04. The van der Waals surface area contributed by atoms with Crippen LogP contribution in [0.4, 0.5) is 0 Å². The summed E-state index contributed by atoms with van der Waals surface area (Å²) in [6, 6.07) is 81.1. The largest absolute Gasteiger partial charge is 0.309 e. The van der Waals surface area contributed by atoms with Crippen LogP contribution in [-0.4, -0.2) is 54.2 Å². The lowest BCUT2D eigenvalue weighted by atomic mass is 10.1. The number of rotatable bonds is 10. The summed E-state index contributed by atoms with van der Waals surface area (Å²) in [5, 5.41) is 15.8. The molecule has 0 radical (unpaired) electrons. The van der Waals surface area contributed by atoms with E-state index in [1.807, 2.05) is 103 Å². The molecule has 0 aliphatic rings. The summed E-state index contributed by atoms with van der Waals surface area (Å²) in [7, 11) is 0. The molecule has 0 amide bonds. The number of nitrogens with zero attached hydrogens (tertiary/aromatic N) is 11. The lowest BCUT2D eigenvalue weighted by Crippen LogP contribution is -2.01. The highest BCUT2D eigenvalue weighted by Crippen LogP contribution is 2.40. The molecule has 0 bridgehead atoms. The van der Waals surface area contributed by atoms with Gasteiger partial charge in [-0.1, -0.05) is 163 Å². The highest BCUT2D eigenvalue weighted by Gasteiger charge is 2.20. The van der Waals surface area contributed by atoms with Crippen molar-refractivity contribution in [2.24, 2.45) is 0 Å². The van der Waals surface area contributed by atoms with Crippen LogP contribution >= 0.6 is 11.3 Å². The van der Waals surface area contributed by atoms with Crippen LogP contribution in [0.5, 0.6) is 0 Å². The zero-order chi connectivity index (χ0) is 52.2. The fourth-order valence-electron chi connectivity index (χ4n) is 10.6. The van der Waals surface area contributed by atoms with Gasteiger partial charge in [0, 0.05) is 89.8 Å². The first-order valence-electron chi connectivity index (χ1n) is 25.8.